The molecule has 0 saturated heterocycles. The normalized spacial score (nSPS) is 11.5. The monoisotopic (exact) mass is 436 g/mol. The van der Waals surface area contributed by atoms with Gasteiger partial charge in [-0.25, -0.2) is 0 Å². The summed E-state index contributed by atoms with van der Waals surface area (Å²) in [5, 5.41) is 3.70. The average Bonchev–Trinajstić information content (AvgIpc) is 3.42. The molecular formula is C30H20N4. The van der Waals surface area contributed by atoms with Crippen LogP contribution in [0.1, 0.15) is 0 Å². The van der Waals surface area contributed by atoms with Crippen molar-refractivity contribution in [3.8, 4) is 22.8 Å². The molecule has 0 aliphatic rings. The first kappa shape index (κ1) is 18.8. The van der Waals surface area contributed by atoms with Crippen LogP contribution in [0.15, 0.2) is 122 Å². The van der Waals surface area contributed by atoms with Gasteiger partial charge in [-0.15, -0.1) is 0 Å². The lowest BCUT2D eigenvalue weighted by Crippen LogP contribution is -2.04. The number of fused-ring (bicyclic) bond motifs is 5. The first-order chi connectivity index (χ1) is 16.9. The molecule has 0 unspecified atom stereocenters. The lowest BCUT2D eigenvalue weighted by Gasteiger charge is -2.15. The van der Waals surface area contributed by atoms with E-state index in [4.69, 9.17) is 4.98 Å². The van der Waals surface area contributed by atoms with E-state index >= 15 is 0 Å². The fraction of sp³-hybridized carbons (Fsp3) is 0. The zero-order chi connectivity index (χ0) is 22.5. The van der Waals surface area contributed by atoms with Crippen LogP contribution in [0, 0.1) is 0 Å². The van der Waals surface area contributed by atoms with Gasteiger partial charge >= 0.3 is 0 Å². The van der Waals surface area contributed by atoms with E-state index in [1.165, 1.54) is 21.7 Å². The highest BCUT2D eigenvalue weighted by atomic mass is 15.1. The van der Waals surface area contributed by atoms with Gasteiger partial charge in [-0.05, 0) is 48.5 Å². The number of rotatable bonds is 3. The van der Waals surface area contributed by atoms with Gasteiger partial charge in [0.25, 0.3) is 0 Å². The van der Waals surface area contributed by atoms with Gasteiger partial charge in [-0.2, -0.15) is 0 Å². The van der Waals surface area contributed by atoms with Crippen molar-refractivity contribution in [2.75, 3.05) is 0 Å². The largest absolute Gasteiger partial charge is 0.295 e. The van der Waals surface area contributed by atoms with Gasteiger partial charge in [-0.1, -0.05) is 60.7 Å². The van der Waals surface area contributed by atoms with Crippen molar-refractivity contribution in [3.63, 3.8) is 0 Å². The molecule has 0 spiro atoms. The second kappa shape index (κ2) is 7.42. The highest BCUT2D eigenvalue weighted by molar-refractivity contribution is 6.22. The highest BCUT2D eigenvalue weighted by Gasteiger charge is 2.23. The van der Waals surface area contributed by atoms with Crippen LogP contribution in [0.4, 0.5) is 0 Å². The molecule has 34 heavy (non-hydrogen) atoms. The highest BCUT2D eigenvalue weighted by Crippen LogP contribution is 2.41. The number of aromatic nitrogens is 4. The Kier molecular flexibility index (Phi) is 4.11. The lowest BCUT2D eigenvalue weighted by atomic mass is 10.1. The zero-order valence-corrected chi connectivity index (χ0v) is 18.3. The summed E-state index contributed by atoms with van der Waals surface area (Å²) in [4.78, 5) is 9.40. The maximum absolute atomic E-state index is 4.78. The predicted octanol–water partition coefficient (Wildman–Crippen LogP) is 7.18. The Hall–Kier alpha value is -4.70. The summed E-state index contributed by atoms with van der Waals surface area (Å²) in [7, 11) is 0. The Bertz CT molecular complexity index is 1790. The summed E-state index contributed by atoms with van der Waals surface area (Å²) in [6.07, 6.45) is 3.65. The minimum Gasteiger partial charge on any atom is -0.295 e. The quantitative estimate of drug-likeness (QED) is 0.294. The van der Waals surface area contributed by atoms with Gasteiger partial charge in [0.15, 0.2) is 0 Å². The van der Waals surface area contributed by atoms with Gasteiger partial charge in [-0.3, -0.25) is 19.1 Å². The molecule has 0 fully saturated rings. The number of benzene rings is 3. The summed E-state index contributed by atoms with van der Waals surface area (Å²) in [6.45, 7) is 0. The average molecular weight is 437 g/mol. The third kappa shape index (κ3) is 2.66. The van der Waals surface area contributed by atoms with Crippen LogP contribution >= 0.6 is 0 Å². The van der Waals surface area contributed by atoms with E-state index in [-0.39, 0.29) is 0 Å². The SMILES string of the molecule is c1ccc(-n2c3ccccc3c3c4ccccc4n(-c4cccnc4-c4ccccn4)c32)cc1. The molecular weight excluding hydrogens is 416 g/mol. The van der Waals surface area contributed by atoms with Crippen molar-refractivity contribution in [3.05, 3.63) is 122 Å². The van der Waals surface area contributed by atoms with Gasteiger partial charge in [0.05, 0.1) is 22.4 Å². The molecule has 7 aromatic rings. The number of pyridine rings is 2. The van der Waals surface area contributed by atoms with Gasteiger partial charge in [0, 0.05) is 34.2 Å². The van der Waals surface area contributed by atoms with Crippen LogP contribution in [0.3, 0.4) is 0 Å². The number of hydrogen-bond acceptors (Lipinski definition) is 2. The Morgan fingerprint density at radius 1 is 0.500 bits per heavy atom. The second-order valence-electron chi connectivity index (χ2n) is 8.33. The van der Waals surface area contributed by atoms with E-state index in [1.807, 2.05) is 36.7 Å². The Balaban J connectivity index is 1.72. The molecule has 160 valence electrons. The fourth-order valence-electron chi connectivity index (χ4n) is 5.06. The van der Waals surface area contributed by atoms with Gasteiger partial charge in [0.2, 0.25) is 0 Å². The van der Waals surface area contributed by atoms with Crippen molar-refractivity contribution in [2.24, 2.45) is 0 Å². The molecule has 0 bridgehead atoms. The van der Waals surface area contributed by atoms with Gasteiger partial charge < -0.3 is 0 Å². The topological polar surface area (TPSA) is 35.6 Å². The summed E-state index contributed by atoms with van der Waals surface area (Å²) < 4.78 is 4.70. The predicted molar refractivity (Wildman–Crippen MR) is 139 cm³/mol. The zero-order valence-electron chi connectivity index (χ0n) is 18.3. The molecule has 0 aliphatic heterocycles. The van der Waals surface area contributed by atoms with Crippen LogP contribution in [0.2, 0.25) is 0 Å². The Morgan fingerprint density at radius 3 is 1.88 bits per heavy atom. The molecule has 0 aliphatic carbocycles. The summed E-state index contributed by atoms with van der Waals surface area (Å²) in [6, 6.07) is 37.9. The maximum Gasteiger partial charge on any atom is 0.131 e. The van der Waals surface area contributed by atoms with E-state index in [9.17, 15) is 0 Å². The molecule has 7 rings (SSSR count). The fourth-order valence-corrected chi connectivity index (χ4v) is 5.06. The van der Waals surface area contributed by atoms with E-state index in [0.717, 1.165) is 33.9 Å². The van der Waals surface area contributed by atoms with Crippen LogP contribution in [-0.4, -0.2) is 19.1 Å². The number of hydrogen-bond donors (Lipinski definition) is 0. The molecule has 0 N–H and O–H groups in total. The molecule has 3 aromatic carbocycles. The molecule has 4 heterocycles. The van der Waals surface area contributed by atoms with Crippen LogP contribution in [-0.2, 0) is 0 Å². The van der Waals surface area contributed by atoms with Crippen LogP contribution in [0.25, 0.3) is 55.6 Å². The standard InChI is InChI=1S/C30H20N4/c1-2-11-21(12-3-1)33-25-16-6-4-13-22(25)28-23-14-5-7-17-26(23)34(30(28)33)27-18-10-20-32-29(27)24-15-8-9-19-31-24/h1-20H. The van der Waals surface area contributed by atoms with Crippen molar-refractivity contribution < 1.29 is 0 Å². The van der Waals surface area contributed by atoms with Gasteiger partial charge in [0.1, 0.15) is 11.3 Å². The minimum absolute atomic E-state index is 0.853. The molecule has 4 nitrogen and oxygen atoms in total. The van der Waals surface area contributed by atoms with Crippen LogP contribution < -0.4 is 0 Å². The Morgan fingerprint density at radius 2 is 1.15 bits per heavy atom. The summed E-state index contributed by atoms with van der Waals surface area (Å²) >= 11 is 0. The van der Waals surface area contributed by atoms with Crippen LogP contribution in [0.5, 0.6) is 0 Å². The molecule has 4 heteroatoms. The Labute approximate surface area is 196 Å². The van der Waals surface area contributed by atoms with E-state index in [0.29, 0.717) is 0 Å². The van der Waals surface area contributed by atoms with Crippen molar-refractivity contribution in [2.45, 2.75) is 0 Å². The maximum atomic E-state index is 4.78. The van der Waals surface area contributed by atoms with E-state index in [2.05, 4.69) is 99.0 Å². The van der Waals surface area contributed by atoms with E-state index in [1.54, 1.807) is 0 Å². The smallest absolute Gasteiger partial charge is 0.131 e. The lowest BCUT2D eigenvalue weighted by molar-refractivity contribution is 1.05. The number of nitrogens with zero attached hydrogens (tertiary/aromatic N) is 4. The molecule has 0 radical (unpaired) electrons. The first-order valence-electron chi connectivity index (χ1n) is 11.4. The molecule has 0 atom stereocenters. The van der Waals surface area contributed by atoms with Crippen molar-refractivity contribution >= 4 is 32.8 Å². The molecule has 0 amide bonds. The third-order valence-corrected chi connectivity index (χ3v) is 6.43. The summed E-state index contributed by atoms with van der Waals surface area (Å²) in [5.41, 5.74) is 7.30. The molecule has 0 saturated carbocycles. The first-order valence-corrected chi connectivity index (χ1v) is 11.4. The summed E-state index contributed by atoms with van der Waals surface area (Å²) in [5.74, 6) is 0. The van der Waals surface area contributed by atoms with Crippen molar-refractivity contribution in [1.29, 1.82) is 0 Å². The van der Waals surface area contributed by atoms with E-state index < -0.39 is 0 Å². The second-order valence-corrected chi connectivity index (χ2v) is 8.33. The molecule has 4 aromatic heterocycles. The third-order valence-electron chi connectivity index (χ3n) is 6.43. The minimum atomic E-state index is 0.853. The van der Waals surface area contributed by atoms with Crippen molar-refractivity contribution in [1.82, 2.24) is 19.1 Å². The number of para-hydroxylation sites is 3.